The molecule has 13 heavy (non-hydrogen) atoms. The highest BCUT2D eigenvalue weighted by molar-refractivity contribution is 5.32. The van der Waals surface area contributed by atoms with Crippen LogP contribution in [-0.4, -0.2) is 6.61 Å². The predicted octanol–water partition coefficient (Wildman–Crippen LogP) is 2.92. The number of ether oxygens (including phenoxy) is 1. The molecular weight excluding hydrogens is 167 g/mol. The van der Waals surface area contributed by atoms with Gasteiger partial charge in [0.05, 0.1) is 6.61 Å². The maximum atomic E-state index is 12.7. The average Bonchev–Trinajstić information content (AvgIpc) is 2.86. The molecule has 0 unspecified atom stereocenters. The molecular formula is C11H13FO. The van der Waals surface area contributed by atoms with Crippen molar-refractivity contribution in [1.29, 1.82) is 0 Å². The molecule has 1 aliphatic rings. The molecule has 0 atom stereocenters. The molecule has 0 spiro atoms. The van der Waals surface area contributed by atoms with Crippen molar-refractivity contribution >= 4 is 0 Å². The molecule has 0 bridgehead atoms. The Hall–Kier alpha value is -1.05. The van der Waals surface area contributed by atoms with E-state index in [1.165, 1.54) is 25.0 Å². The van der Waals surface area contributed by atoms with Gasteiger partial charge < -0.3 is 4.74 Å². The summed E-state index contributed by atoms with van der Waals surface area (Å²) < 4.78 is 18.3. The molecule has 0 amide bonds. The van der Waals surface area contributed by atoms with Crippen molar-refractivity contribution in [1.82, 2.24) is 0 Å². The highest BCUT2D eigenvalue weighted by atomic mass is 19.1. The minimum Gasteiger partial charge on any atom is -0.493 e. The maximum absolute atomic E-state index is 12.7. The second kappa shape index (κ2) is 3.36. The maximum Gasteiger partial charge on any atom is 0.123 e. The summed E-state index contributed by atoms with van der Waals surface area (Å²) in [6, 6.07) is 4.64. The van der Waals surface area contributed by atoms with Crippen LogP contribution in [0.2, 0.25) is 0 Å². The van der Waals surface area contributed by atoms with Gasteiger partial charge in [-0.15, -0.1) is 0 Å². The average molecular weight is 180 g/mol. The summed E-state index contributed by atoms with van der Waals surface area (Å²) in [5.74, 6) is 1.36. The molecule has 1 aliphatic carbocycles. The van der Waals surface area contributed by atoms with Gasteiger partial charge in [0.1, 0.15) is 11.6 Å². The van der Waals surface area contributed by atoms with Gasteiger partial charge in [-0.2, -0.15) is 0 Å². The quantitative estimate of drug-likeness (QED) is 0.695. The van der Waals surface area contributed by atoms with Crippen LogP contribution in [0.15, 0.2) is 18.2 Å². The third kappa shape index (κ3) is 2.20. The second-order valence-corrected chi connectivity index (χ2v) is 3.66. The molecule has 1 nitrogen and oxygen atoms in total. The molecule has 0 radical (unpaired) electrons. The van der Waals surface area contributed by atoms with E-state index in [0.29, 0.717) is 0 Å². The minimum absolute atomic E-state index is 0.198. The number of hydrogen-bond donors (Lipinski definition) is 0. The van der Waals surface area contributed by atoms with E-state index in [1.54, 1.807) is 6.07 Å². The molecule has 0 saturated heterocycles. The molecule has 1 aromatic rings. The summed E-state index contributed by atoms with van der Waals surface area (Å²) in [4.78, 5) is 0. The zero-order valence-electron chi connectivity index (χ0n) is 7.72. The van der Waals surface area contributed by atoms with Gasteiger partial charge in [0.2, 0.25) is 0 Å². The highest BCUT2D eigenvalue weighted by Crippen LogP contribution is 2.30. The molecule has 0 aliphatic heterocycles. The number of rotatable bonds is 3. The van der Waals surface area contributed by atoms with Crippen LogP contribution in [0.4, 0.5) is 4.39 Å². The Kier molecular flexibility index (Phi) is 2.21. The highest BCUT2D eigenvalue weighted by Gasteiger charge is 2.22. The Balaban J connectivity index is 2.01. The fraction of sp³-hybridized carbons (Fsp3) is 0.455. The van der Waals surface area contributed by atoms with Crippen molar-refractivity contribution in [3.05, 3.63) is 29.6 Å². The first-order chi connectivity index (χ1) is 6.25. The largest absolute Gasteiger partial charge is 0.493 e. The van der Waals surface area contributed by atoms with E-state index in [2.05, 4.69) is 0 Å². The van der Waals surface area contributed by atoms with E-state index >= 15 is 0 Å². The van der Waals surface area contributed by atoms with E-state index in [4.69, 9.17) is 4.74 Å². The molecule has 0 heterocycles. The number of halogens is 1. The molecule has 1 saturated carbocycles. The van der Waals surface area contributed by atoms with Gasteiger partial charge in [-0.25, -0.2) is 4.39 Å². The van der Waals surface area contributed by atoms with Crippen LogP contribution in [0.1, 0.15) is 18.4 Å². The van der Waals surface area contributed by atoms with Crippen molar-refractivity contribution in [3.8, 4) is 5.75 Å². The fourth-order valence-corrected chi connectivity index (χ4v) is 1.27. The Labute approximate surface area is 77.5 Å². The van der Waals surface area contributed by atoms with E-state index in [1.807, 2.05) is 6.92 Å². The Morgan fingerprint density at radius 1 is 1.46 bits per heavy atom. The van der Waals surface area contributed by atoms with E-state index in [9.17, 15) is 4.39 Å². The monoisotopic (exact) mass is 180 g/mol. The van der Waals surface area contributed by atoms with Crippen LogP contribution in [0.5, 0.6) is 5.75 Å². The lowest BCUT2D eigenvalue weighted by Gasteiger charge is -2.07. The summed E-state index contributed by atoms with van der Waals surface area (Å²) in [7, 11) is 0. The zero-order chi connectivity index (χ0) is 9.26. The molecule has 70 valence electrons. The number of benzene rings is 1. The van der Waals surface area contributed by atoms with Crippen LogP contribution in [0, 0.1) is 18.7 Å². The van der Waals surface area contributed by atoms with Crippen molar-refractivity contribution < 1.29 is 9.13 Å². The lowest BCUT2D eigenvalue weighted by atomic mass is 10.2. The zero-order valence-corrected chi connectivity index (χ0v) is 7.72. The Morgan fingerprint density at radius 3 is 2.85 bits per heavy atom. The molecule has 0 N–H and O–H groups in total. The first-order valence-electron chi connectivity index (χ1n) is 4.64. The number of hydrogen-bond acceptors (Lipinski definition) is 1. The third-order valence-corrected chi connectivity index (χ3v) is 2.31. The Bertz CT molecular complexity index is 305. The standard InChI is InChI=1S/C11H13FO/c1-8-6-10(12)4-5-11(8)13-7-9-2-3-9/h4-6,9H,2-3,7H2,1H3. The summed E-state index contributed by atoms with van der Waals surface area (Å²) in [6.07, 6.45) is 2.56. The smallest absolute Gasteiger partial charge is 0.123 e. The molecule has 1 aromatic carbocycles. The van der Waals surface area contributed by atoms with E-state index < -0.39 is 0 Å². The topological polar surface area (TPSA) is 9.23 Å². The lowest BCUT2D eigenvalue weighted by Crippen LogP contribution is -2.00. The second-order valence-electron chi connectivity index (χ2n) is 3.66. The van der Waals surface area contributed by atoms with Crippen molar-refractivity contribution in [2.24, 2.45) is 5.92 Å². The van der Waals surface area contributed by atoms with Gasteiger partial charge >= 0.3 is 0 Å². The normalized spacial score (nSPS) is 15.8. The van der Waals surface area contributed by atoms with Crippen LogP contribution < -0.4 is 4.74 Å². The summed E-state index contributed by atoms with van der Waals surface area (Å²) in [6.45, 7) is 2.65. The number of aryl methyl sites for hydroxylation is 1. The van der Waals surface area contributed by atoms with Crippen LogP contribution in [-0.2, 0) is 0 Å². The van der Waals surface area contributed by atoms with Gasteiger partial charge in [0.25, 0.3) is 0 Å². The van der Waals surface area contributed by atoms with Crippen molar-refractivity contribution in [2.45, 2.75) is 19.8 Å². The van der Waals surface area contributed by atoms with Crippen molar-refractivity contribution in [2.75, 3.05) is 6.61 Å². The van der Waals surface area contributed by atoms with E-state index in [-0.39, 0.29) is 5.82 Å². The summed E-state index contributed by atoms with van der Waals surface area (Å²) >= 11 is 0. The first-order valence-corrected chi connectivity index (χ1v) is 4.64. The van der Waals surface area contributed by atoms with Gasteiger partial charge in [-0.1, -0.05) is 0 Å². The molecule has 2 rings (SSSR count). The summed E-state index contributed by atoms with van der Waals surface area (Å²) in [5, 5.41) is 0. The molecule has 2 heteroatoms. The van der Waals surface area contributed by atoms with Gasteiger partial charge in [0, 0.05) is 0 Å². The lowest BCUT2D eigenvalue weighted by molar-refractivity contribution is 0.297. The molecule has 1 fully saturated rings. The fourth-order valence-electron chi connectivity index (χ4n) is 1.27. The van der Waals surface area contributed by atoms with Gasteiger partial charge in [-0.05, 0) is 49.4 Å². The van der Waals surface area contributed by atoms with Crippen LogP contribution >= 0.6 is 0 Å². The van der Waals surface area contributed by atoms with Crippen LogP contribution in [0.3, 0.4) is 0 Å². The predicted molar refractivity (Wildman–Crippen MR) is 49.4 cm³/mol. The van der Waals surface area contributed by atoms with Crippen LogP contribution in [0.25, 0.3) is 0 Å². The van der Waals surface area contributed by atoms with Gasteiger partial charge in [-0.3, -0.25) is 0 Å². The van der Waals surface area contributed by atoms with Crippen molar-refractivity contribution in [3.63, 3.8) is 0 Å². The Morgan fingerprint density at radius 2 is 2.23 bits per heavy atom. The summed E-state index contributed by atoms with van der Waals surface area (Å²) in [5.41, 5.74) is 0.876. The van der Waals surface area contributed by atoms with E-state index in [0.717, 1.165) is 23.8 Å². The molecule has 0 aromatic heterocycles. The SMILES string of the molecule is Cc1cc(F)ccc1OCC1CC1. The third-order valence-electron chi connectivity index (χ3n) is 2.31. The van der Waals surface area contributed by atoms with Gasteiger partial charge in [0.15, 0.2) is 0 Å². The first kappa shape index (κ1) is 8.54. The minimum atomic E-state index is -0.198.